The van der Waals surface area contributed by atoms with Crippen LogP contribution in [-0.2, 0) is 8.85 Å². The molecule has 0 saturated heterocycles. The summed E-state index contributed by atoms with van der Waals surface area (Å²) >= 11 is 3.35. The highest BCUT2D eigenvalue weighted by Gasteiger charge is 2.39. The van der Waals surface area contributed by atoms with Crippen LogP contribution in [0.2, 0.25) is 0 Å². The first kappa shape index (κ1) is 11.7. The quantitative estimate of drug-likeness (QED) is 0.611. The van der Waals surface area contributed by atoms with Gasteiger partial charge in [0.1, 0.15) is 5.75 Å². The zero-order valence-electron chi connectivity index (χ0n) is 8.20. The van der Waals surface area contributed by atoms with Crippen LogP contribution in [0.25, 0.3) is 0 Å². The van der Waals surface area contributed by atoms with Crippen LogP contribution in [0.4, 0.5) is 0 Å². The zero-order chi connectivity index (χ0) is 10.4. The third kappa shape index (κ3) is 3.41. The molecule has 1 aromatic rings. The number of halogens is 1. The van der Waals surface area contributed by atoms with E-state index in [4.69, 9.17) is 13.3 Å². The van der Waals surface area contributed by atoms with E-state index >= 15 is 0 Å². The van der Waals surface area contributed by atoms with Crippen LogP contribution in [0, 0.1) is 0 Å². The first-order chi connectivity index (χ1) is 6.70. The molecular formula is C9H13BrO3Si. The lowest BCUT2D eigenvalue weighted by Gasteiger charge is -2.21. The molecule has 0 fully saturated rings. The minimum absolute atomic E-state index is 0.554. The Labute approximate surface area is 92.9 Å². The Morgan fingerprint density at radius 2 is 1.93 bits per heavy atom. The molecule has 0 spiro atoms. The van der Waals surface area contributed by atoms with E-state index in [1.54, 1.807) is 7.11 Å². The second-order valence-electron chi connectivity index (χ2n) is 2.53. The molecule has 1 atom stereocenters. The van der Waals surface area contributed by atoms with Gasteiger partial charge in [0.05, 0.1) is 0 Å². The van der Waals surface area contributed by atoms with Gasteiger partial charge in [-0.05, 0) is 34.3 Å². The Morgan fingerprint density at radius 1 is 1.29 bits per heavy atom. The molecule has 1 aromatic carbocycles. The maximum absolute atomic E-state index is 5.60. The van der Waals surface area contributed by atoms with Crippen molar-refractivity contribution in [3.63, 3.8) is 0 Å². The van der Waals surface area contributed by atoms with Gasteiger partial charge in [0, 0.05) is 13.7 Å². The van der Waals surface area contributed by atoms with Gasteiger partial charge in [-0.3, -0.25) is 0 Å². The highest BCUT2D eigenvalue weighted by molar-refractivity contribution is 9.25. The third-order valence-corrected chi connectivity index (χ3v) is 5.29. The number of benzene rings is 1. The number of hydrogen-bond acceptors (Lipinski definition) is 3. The Hall–Kier alpha value is -0.363. The molecule has 0 aromatic heterocycles. The van der Waals surface area contributed by atoms with Gasteiger partial charge >= 0.3 is 7.42 Å². The monoisotopic (exact) mass is 276 g/mol. The number of rotatable bonds is 5. The molecule has 5 heteroatoms. The minimum atomic E-state index is -2.65. The summed E-state index contributed by atoms with van der Waals surface area (Å²) in [6, 6.07) is 9.46. The largest absolute Gasteiger partial charge is 0.645 e. The fraction of sp³-hybridized carbons (Fsp3) is 0.333. The van der Waals surface area contributed by atoms with Gasteiger partial charge < -0.3 is 13.3 Å². The van der Waals surface area contributed by atoms with Crippen LogP contribution in [0.3, 0.4) is 0 Å². The summed E-state index contributed by atoms with van der Waals surface area (Å²) in [5, 5.41) is 0. The van der Waals surface area contributed by atoms with Crippen molar-refractivity contribution in [2.45, 2.75) is 6.92 Å². The molecule has 0 radical (unpaired) electrons. The van der Waals surface area contributed by atoms with Gasteiger partial charge in [-0.15, -0.1) is 0 Å². The molecule has 1 rings (SSSR count). The van der Waals surface area contributed by atoms with E-state index in [0.717, 1.165) is 5.75 Å². The Bertz CT molecular complexity index is 270. The van der Waals surface area contributed by atoms with Crippen molar-refractivity contribution in [2.24, 2.45) is 0 Å². The van der Waals surface area contributed by atoms with E-state index in [2.05, 4.69) is 15.3 Å². The standard InChI is InChI=1S/C9H13BrO3Si/c1-3-12-14(10,11-2)13-9-7-5-4-6-8-9/h4-8H,3H2,1-2H3. The average molecular weight is 277 g/mol. The lowest BCUT2D eigenvalue weighted by molar-refractivity contribution is 0.166. The molecule has 0 N–H and O–H groups in total. The maximum atomic E-state index is 5.60. The molecule has 14 heavy (non-hydrogen) atoms. The minimum Gasteiger partial charge on any atom is -0.493 e. The topological polar surface area (TPSA) is 27.7 Å². The molecule has 0 aliphatic carbocycles. The summed E-state index contributed by atoms with van der Waals surface area (Å²) < 4.78 is 16.2. The molecule has 78 valence electrons. The summed E-state index contributed by atoms with van der Waals surface area (Å²) in [5.74, 6) is 0.742. The maximum Gasteiger partial charge on any atom is 0.645 e. The van der Waals surface area contributed by atoms with Gasteiger partial charge in [0.2, 0.25) is 0 Å². The fourth-order valence-corrected chi connectivity index (χ4v) is 3.20. The molecule has 0 heterocycles. The predicted molar refractivity (Wildman–Crippen MR) is 60.4 cm³/mol. The highest BCUT2D eigenvalue weighted by atomic mass is 79.9. The first-order valence-corrected chi connectivity index (χ1v) is 8.30. The van der Waals surface area contributed by atoms with Crippen molar-refractivity contribution in [1.29, 1.82) is 0 Å². The van der Waals surface area contributed by atoms with Gasteiger partial charge in [0.15, 0.2) is 0 Å². The summed E-state index contributed by atoms with van der Waals surface area (Å²) in [7, 11) is -1.08. The van der Waals surface area contributed by atoms with Gasteiger partial charge in [-0.25, -0.2) is 0 Å². The second kappa shape index (κ2) is 5.50. The third-order valence-electron chi connectivity index (χ3n) is 1.54. The van der Waals surface area contributed by atoms with Crippen molar-refractivity contribution >= 4 is 22.7 Å². The second-order valence-corrected chi connectivity index (χ2v) is 7.31. The van der Waals surface area contributed by atoms with Crippen molar-refractivity contribution in [3.8, 4) is 5.75 Å². The van der Waals surface area contributed by atoms with Crippen LogP contribution in [0.1, 0.15) is 6.92 Å². The molecule has 1 unspecified atom stereocenters. The lowest BCUT2D eigenvalue weighted by Crippen LogP contribution is -2.41. The fourth-order valence-electron chi connectivity index (χ4n) is 0.932. The van der Waals surface area contributed by atoms with Gasteiger partial charge in [-0.2, -0.15) is 0 Å². The molecule has 3 nitrogen and oxygen atoms in total. The van der Waals surface area contributed by atoms with Crippen LogP contribution in [0.15, 0.2) is 30.3 Å². The molecule has 0 aliphatic rings. The first-order valence-electron chi connectivity index (χ1n) is 4.32. The molecular weight excluding hydrogens is 264 g/mol. The van der Waals surface area contributed by atoms with Crippen molar-refractivity contribution < 1.29 is 13.3 Å². The summed E-state index contributed by atoms with van der Waals surface area (Å²) in [6.45, 7) is 2.45. The Kier molecular flexibility index (Phi) is 4.60. The summed E-state index contributed by atoms with van der Waals surface area (Å²) in [4.78, 5) is 0. The molecule has 0 bridgehead atoms. The number of para-hydroxylation sites is 1. The van der Waals surface area contributed by atoms with E-state index in [0.29, 0.717) is 6.61 Å². The molecule has 0 saturated carbocycles. The summed E-state index contributed by atoms with van der Waals surface area (Å²) in [5.41, 5.74) is 0. The number of hydrogen-bond donors (Lipinski definition) is 0. The van der Waals surface area contributed by atoms with Crippen LogP contribution in [0.5, 0.6) is 5.75 Å². The van der Waals surface area contributed by atoms with E-state index < -0.39 is 7.42 Å². The highest BCUT2D eigenvalue weighted by Crippen LogP contribution is 2.21. The van der Waals surface area contributed by atoms with E-state index in [1.165, 1.54) is 0 Å². The average Bonchev–Trinajstić information content (AvgIpc) is 2.20. The Balaban J connectivity index is 2.65. The Morgan fingerprint density at radius 3 is 2.43 bits per heavy atom. The van der Waals surface area contributed by atoms with E-state index in [-0.39, 0.29) is 0 Å². The SMILES string of the molecule is CCO[Si](Br)(OC)Oc1ccccc1. The van der Waals surface area contributed by atoms with Crippen molar-refractivity contribution in [2.75, 3.05) is 13.7 Å². The van der Waals surface area contributed by atoms with Crippen LogP contribution < -0.4 is 4.43 Å². The van der Waals surface area contributed by atoms with Crippen molar-refractivity contribution in [3.05, 3.63) is 30.3 Å². The normalized spacial score (nSPS) is 14.8. The van der Waals surface area contributed by atoms with E-state index in [1.807, 2.05) is 37.3 Å². The lowest BCUT2D eigenvalue weighted by atomic mass is 10.3. The van der Waals surface area contributed by atoms with Crippen LogP contribution >= 0.6 is 15.3 Å². The summed E-state index contributed by atoms with van der Waals surface area (Å²) in [6.07, 6.45) is 0. The van der Waals surface area contributed by atoms with Crippen molar-refractivity contribution in [1.82, 2.24) is 0 Å². The molecule has 0 amide bonds. The smallest absolute Gasteiger partial charge is 0.493 e. The zero-order valence-corrected chi connectivity index (χ0v) is 10.8. The van der Waals surface area contributed by atoms with E-state index in [9.17, 15) is 0 Å². The predicted octanol–water partition coefficient (Wildman–Crippen LogP) is 2.58. The van der Waals surface area contributed by atoms with Crippen LogP contribution in [-0.4, -0.2) is 21.1 Å². The van der Waals surface area contributed by atoms with Gasteiger partial charge in [-0.1, -0.05) is 18.2 Å². The van der Waals surface area contributed by atoms with Gasteiger partial charge in [0.25, 0.3) is 0 Å². The molecule has 0 aliphatic heterocycles.